The number of aliphatic hydroxyl groups excluding tert-OH is 1. The summed E-state index contributed by atoms with van der Waals surface area (Å²) in [6.45, 7) is 0.0323. The number of aliphatic hydroxyl groups is 1. The van der Waals surface area contributed by atoms with Gasteiger partial charge in [0.15, 0.2) is 6.10 Å². The van der Waals surface area contributed by atoms with Crippen molar-refractivity contribution in [2.24, 2.45) is 0 Å². The topological polar surface area (TPSA) is 130 Å². The molecule has 0 aromatic carbocycles. The first-order valence-corrected chi connectivity index (χ1v) is 4.48. The van der Waals surface area contributed by atoms with Crippen LogP contribution in [0, 0.1) is 0 Å². The van der Waals surface area contributed by atoms with Gasteiger partial charge in [-0.1, -0.05) is 0 Å². The average Bonchev–Trinajstić information content (AvgIpc) is 2.70. The van der Waals surface area contributed by atoms with Crippen molar-refractivity contribution < 1.29 is 19.8 Å². The fourth-order valence-electron chi connectivity index (χ4n) is 0.928. The smallest absolute Gasteiger partial charge is 0.332 e. The Balaban J connectivity index is 2.18. The Bertz CT molecular complexity index is 352. The molecule has 88 valence electrons. The predicted octanol–water partition coefficient (Wildman–Crippen LogP) is -2.38. The Morgan fingerprint density at radius 2 is 2.25 bits per heavy atom. The molecule has 0 aliphatic heterocycles. The minimum absolute atomic E-state index is 0.0450. The molecule has 1 heterocycles. The van der Waals surface area contributed by atoms with Gasteiger partial charge in [0.25, 0.3) is 0 Å². The lowest BCUT2D eigenvalue weighted by molar-refractivity contribution is -0.147. The Morgan fingerprint density at radius 3 is 2.81 bits per heavy atom. The number of aliphatic carboxylic acids is 1. The number of nitrogens with one attached hydrogen (secondary N) is 1. The van der Waals surface area contributed by atoms with Crippen molar-refractivity contribution >= 4 is 11.9 Å². The highest BCUT2D eigenvalue weighted by Gasteiger charge is 2.12. The first kappa shape index (κ1) is 12.0. The lowest BCUT2D eigenvalue weighted by Crippen LogP contribution is -2.32. The lowest BCUT2D eigenvalue weighted by atomic mass is 10.2. The first-order chi connectivity index (χ1) is 7.59. The summed E-state index contributed by atoms with van der Waals surface area (Å²) in [6, 6.07) is 0. The second-order valence-corrected chi connectivity index (χ2v) is 3.00. The van der Waals surface area contributed by atoms with Gasteiger partial charge in [0, 0.05) is 13.0 Å². The Morgan fingerprint density at radius 1 is 1.50 bits per heavy atom. The standard InChI is InChI=1S/C7H11N5O4/c13-5(7(15)16)1-2-8-6(14)3-12-4-9-10-11-12/h4-5,13H,1-3H2,(H,8,14)(H,15,16)/t5-/m0/s1. The number of hydrogen-bond acceptors (Lipinski definition) is 6. The van der Waals surface area contributed by atoms with E-state index < -0.39 is 12.1 Å². The molecule has 9 heteroatoms. The van der Waals surface area contributed by atoms with E-state index in [2.05, 4.69) is 20.8 Å². The van der Waals surface area contributed by atoms with Gasteiger partial charge in [0.1, 0.15) is 12.9 Å². The monoisotopic (exact) mass is 229 g/mol. The van der Waals surface area contributed by atoms with Crippen LogP contribution in [0.15, 0.2) is 6.33 Å². The van der Waals surface area contributed by atoms with Crippen LogP contribution >= 0.6 is 0 Å². The van der Waals surface area contributed by atoms with Crippen LogP contribution < -0.4 is 5.32 Å². The molecule has 0 saturated carbocycles. The molecule has 0 saturated heterocycles. The molecule has 1 aromatic rings. The molecule has 3 N–H and O–H groups in total. The third kappa shape index (κ3) is 4.00. The Kier molecular flexibility index (Phi) is 4.33. The first-order valence-electron chi connectivity index (χ1n) is 4.48. The predicted molar refractivity (Wildman–Crippen MR) is 49.1 cm³/mol. The van der Waals surface area contributed by atoms with Crippen LogP contribution in [0.2, 0.25) is 0 Å². The number of carbonyl (C=O) groups excluding carboxylic acids is 1. The summed E-state index contributed by atoms with van der Waals surface area (Å²) in [5.74, 6) is -1.67. The highest BCUT2D eigenvalue weighted by Crippen LogP contribution is 1.89. The largest absolute Gasteiger partial charge is 0.479 e. The van der Waals surface area contributed by atoms with Gasteiger partial charge < -0.3 is 15.5 Å². The number of carboxylic acid groups (broad SMARTS) is 1. The summed E-state index contributed by atoms with van der Waals surface area (Å²) >= 11 is 0. The number of carbonyl (C=O) groups is 2. The second-order valence-electron chi connectivity index (χ2n) is 3.00. The number of tetrazole rings is 1. The minimum Gasteiger partial charge on any atom is -0.479 e. The van der Waals surface area contributed by atoms with Crippen LogP contribution in [-0.4, -0.2) is 54.9 Å². The van der Waals surface area contributed by atoms with E-state index in [-0.39, 0.29) is 25.4 Å². The highest BCUT2D eigenvalue weighted by atomic mass is 16.4. The maximum absolute atomic E-state index is 11.2. The maximum atomic E-state index is 11.2. The molecular weight excluding hydrogens is 218 g/mol. The number of carboxylic acids is 1. The van der Waals surface area contributed by atoms with Gasteiger partial charge >= 0.3 is 5.97 Å². The maximum Gasteiger partial charge on any atom is 0.332 e. The molecule has 0 aliphatic carbocycles. The number of nitrogens with zero attached hydrogens (tertiary/aromatic N) is 4. The van der Waals surface area contributed by atoms with Crippen molar-refractivity contribution in [1.29, 1.82) is 0 Å². The van der Waals surface area contributed by atoms with E-state index in [4.69, 9.17) is 10.2 Å². The Hall–Kier alpha value is -2.03. The van der Waals surface area contributed by atoms with E-state index in [0.717, 1.165) is 0 Å². The molecule has 9 nitrogen and oxygen atoms in total. The molecule has 0 radical (unpaired) electrons. The molecule has 16 heavy (non-hydrogen) atoms. The van der Waals surface area contributed by atoms with Crippen LogP contribution in [-0.2, 0) is 16.1 Å². The fourth-order valence-corrected chi connectivity index (χ4v) is 0.928. The minimum atomic E-state index is -1.46. The number of hydrogen-bond donors (Lipinski definition) is 3. The SMILES string of the molecule is O=C(Cn1cnnn1)NCC[C@H](O)C(=O)O. The molecule has 1 aromatic heterocycles. The summed E-state index contributed by atoms with van der Waals surface area (Å²) in [6.07, 6.45) is -0.226. The van der Waals surface area contributed by atoms with Gasteiger partial charge in [-0.15, -0.1) is 5.10 Å². The third-order valence-electron chi connectivity index (χ3n) is 1.72. The van der Waals surface area contributed by atoms with Crippen molar-refractivity contribution in [3.05, 3.63) is 6.33 Å². The summed E-state index contributed by atoms with van der Waals surface area (Å²) in [5.41, 5.74) is 0. The van der Waals surface area contributed by atoms with Crippen LogP contribution in [0.4, 0.5) is 0 Å². The molecule has 0 spiro atoms. The second kappa shape index (κ2) is 5.75. The van der Waals surface area contributed by atoms with E-state index in [1.165, 1.54) is 11.0 Å². The fraction of sp³-hybridized carbons (Fsp3) is 0.571. The molecule has 0 fully saturated rings. The molecule has 1 rings (SSSR count). The van der Waals surface area contributed by atoms with Gasteiger partial charge in [-0.3, -0.25) is 4.79 Å². The van der Waals surface area contributed by atoms with Gasteiger partial charge in [0.05, 0.1) is 0 Å². The average molecular weight is 229 g/mol. The zero-order chi connectivity index (χ0) is 12.0. The normalized spacial score (nSPS) is 12.1. The number of amides is 1. The van der Waals surface area contributed by atoms with E-state index >= 15 is 0 Å². The van der Waals surface area contributed by atoms with Crippen LogP contribution in [0.1, 0.15) is 6.42 Å². The van der Waals surface area contributed by atoms with Crippen molar-refractivity contribution in [3.8, 4) is 0 Å². The zero-order valence-corrected chi connectivity index (χ0v) is 8.28. The van der Waals surface area contributed by atoms with Gasteiger partial charge in [-0.2, -0.15) is 0 Å². The summed E-state index contributed by atoms with van der Waals surface area (Å²) < 4.78 is 1.23. The van der Waals surface area contributed by atoms with Gasteiger partial charge in [-0.25, -0.2) is 9.48 Å². The van der Waals surface area contributed by atoms with E-state index in [1.807, 2.05) is 0 Å². The molecule has 1 amide bonds. The van der Waals surface area contributed by atoms with Crippen molar-refractivity contribution in [2.45, 2.75) is 19.1 Å². The molecular formula is C7H11N5O4. The van der Waals surface area contributed by atoms with Crippen molar-refractivity contribution in [3.63, 3.8) is 0 Å². The quantitative estimate of drug-likeness (QED) is 0.496. The van der Waals surface area contributed by atoms with Crippen LogP contribution in [0.3, 0.4) is 0 Å². The van der Waals surface area contributed by atoms with Crippen LogP contribution in [0.25, 0.3) is 0 Å². The lowest BCUT2D eigenvalue weighted by Gasteiger charge is -2.06. The summed E-state index contributed by atoms with van der Waals surface area (Å²) in [5, 5.41) is 29.9. The zero-order valence-electron chi connectivity index (χ0n) is 8.28. The molecule has 0 bridgehead atoms. The highest BCUT2D eigenvalue weighted by molar-refractivity contribution is 5.75. The molecule has 0 unspecified atom stereocenters. The number of rotatable bonds is 6. The molecule has 0 aliphatic rings. The van der Waals surface area contributed by atoms with E-state index in [0.29, 0.717) is 0 Å². The van der Waals surface area contributed by atoms with Crippen molar-refractivity contribution in [1.82, 2.24) is 25.5 Å². The van der Waals surface area contributed by atoms with Gasteiger partial charge in [0.2, 0.25) is 5.91 Å². The third-order valence-corrected chi connectivity index (χ3v) is 1.72. The van der Waals surface area contributed by atoms with E-state index in [9.17, 15) is 9.59 Å². The Labute approximate surface area is 90.1 Å². The van der Waals surface area contributed by atoms with E-state index in [1.54, 1.807) is 0 Å². The van der Waals surface area contributed by atoms with Crippen molar-refractivity contribution in [2.75, 3.05) is 6.54 Å². The summed E-state index contributed by atoms with van der Waals surface area (Å²) in [7, 11) is 0. The summed E-state index contributed by atoms with van der Waals surface area (Å²) in [4.78, 5) is 21.4. The number of aromatic nitrogens is 4. The van der Waals surface area contributed by atoms with Gasteiger partial charge in [-0.05, 0) is 10.4 Å². The van der Waals surface area contributed by atoms with Crippen LogP contribution in [0.5, 0.6) is 0 Å². The molecule has 1 atom stereocenters.